The monoisotopic (exact) mass is 297 g/mol. The van der Waals surface area contributed by atoms with Crippen molar-refractivity contribution < 1.29 is 24.4 Å². The highest BCUT2D eigenvalue weighted by Gasteiger charge is 2.16. The van der Waals surface area contributed by atoms with E-state index in [1.54, 1.807) is 6.07 Å². The molecule has 0 aliphatic carbocycles. The van der Waals surface area contributed by atoms with Gasteiger partial charge < -0.3 is 20.5 Å². The maximum Gasteiger partial charge on any atom is 0.325 e. The number of aliphatic carboxylic acids is 1. The van der Waals surface area contributed by atoms with Gasteiger partial charge in [0.1, 0.15) is 6.04 Å². The molecule has 1 atom stereocenters. The molecule has 9 nitrogen and oxygen atoms in total. The van der Waals surface area contributed by atoms with Crippen molar-refractivity contribution in [3.05, 3.63) is 33.9 Å². The molecule has 1 aromatic rings. The lowest BCUT2D eigenvalue weighted by Gasteiger charge is -2.11. The highest BCUT2D eigenvalue weighted by molar-refractivity contribution is 5.82. The fourth-order valence-corrected chi connectivity index (χ4v) is 1.48. The van der Waals surface area contributed by atoms with Gasteiger partial charge in [-0.2, -0.15) is 0 Å². The number of urea groups is 1. The number of methoxy groups -OCH3 is 1. The molecule has 0 spiro atoms. The summed E-state index contributed by atoms with van der Waals surface area (Å²) in [5.74, 6) is -1.04. The second kappa shape index (κ2) is 7.08. The maximum atomic E-state index is 11.4. The molecule has 114 valence electrons. The molecule has 0 radical (unpaired) electrons. The number of nitro groups is 1. The third-order valence-corrected chi connectivity index (χ3v) is 2.61. The van der Waals surface area contributed by atoms with E-state index < -0.39 is 23.0 Å². The van der Waals surface area contributed by atoms with Crippen molar-refractivity contribution >= 4 is 17.7 Å². The molecule has 1 aromatic carbocycles. The van der Waals surface area contributed by atoms with Gasteiger partial charge in [0.15, 0.2) is 5.75 Å². The number of carbonyl (C=O) groups excluding carboxylic acids is 1. The Morgan fingerprint density at radius 3 is 2.67 bits per heavy atom. The first-order valence-corrected chi connectivity index (χ1v) is 5.93. The van der Waals surface area contributed by atoms with Gasteiger partial charge in [0.25, 0.3) is 0 Å². The summed E-state index contributed by atoms with van der Waals surface area (Å²) in [6, 6.07) is 2.55. The third-order valence-electron chi connectivity index (χ3n) is 2.61. The predicted octanol–water partition coefficient (Wildman–Crippen LogP) is 0.876. The quantitative estimate of drug-likeness (QED) is 0.527. The zero-order valence-electron chi connectivity index (χ0n) is 11.5. The lowest BCUT2D eigenvalue weighted by molar-refractivity contribution is -0.385. The van der Waals surface area contributed by atoms with Crippen LogP contribution < -0.4 is 15.4 Å². The van der Waals surface area contributed by atoms with E-state index in [9.17, 15) is 19.7 Å². The molecule has 1 unspecified atom stereocenters. The second-order valence-electron chi connectivity index (χ2n) is 4.15. The Labute approximate surface area is 120 Å². The van der Waals surface area contributed by atoms with Crippen LogP contribution in [0.2, 0.25) is 0 Å². The first-order valence-electron chi connectivity index (χ1n) is 5.93. The molecule has 21 heavy (non-hydrogen) atoms. The Kier molecular flexibility index (Phi) is 5.47. The van der Waals surface area contributed by atoms with Gasteiger partial charge in [-0.15, -0.1) is 0 Å². The Morgan fingerprint density at radius 2 is 2.14 bits per heavy atom. The van der Waals surface area contributed by atoms with E-state index in [1.165, 1.54) is 26.2 Å². The minimum atomic E-state index is -1.16. The number of benzene rings is 1. The SMILES string of the molecule is COc1ccc(CNC(=O)NC(C)C(=O)O)cc1[N+](=O)[O-]. The van der Waals surface area contributed by atoms with Gasteiger partial charge in [-0.05, 0) is 18.6 Å². The van der Waals surface area contributed by atoms with E-state index >= 15 is 0 Å². The summed E-state index contributed by atoms with van der Waals surface area (Å²) in [5, 5.41) is 24.1. The molecule has 2 amide bonds. The molecule has 0 aromatic heterocycles. The number of rotatable bonds is 6. The van der Waals surface area contributed by atoms with Gasteiger partial charge in [-0.25, -0.2) is 4.79 Å². The number of hydrogen-bond acceptors (Lipinski definition) is 5. The average Bonchev–Trinajstić information content (AvgIpc) is 2.44. The van der Waals surface area contributed by atoms with Crippen LogP contribution in [0.3, 0.4) is 0 Å². The first kappa shape index (κ1) is 16.2. The molecule has 1 rings (SSSR count). The smallest absolute Gasteiger partial charge is 0.325 e. The molecule has 0 fully saturated rings. The molecule has 0 heterocycles. The Balaban J connectivity index is 2.68. The normalized spacial score (nSPS) is 11.3. The van der Waals surface area contributed by atoms with Crippen molar-refractivity contribution in [2.45, 2.75) is 19.5 Å². The van der Waals surface area contributed by atoms with Crippen LogP contribution >= 0.6 is 0 Å². The molecule has 0 aliphatic rings. The number of nitrogens with zero attached hydrogens (tertiary/aromatic N) is 1. The lowest BCUT2D eigenvalue weighted by atomic mass is 10.2. The lowest BCUT2D eigenvalue weighted by Crippen LogP contribution is -2.44. The maximum absolute atomic E-state index is 11.4. The Bertz CT molecular complexity index is 560. The largest absolute Gasteiger partial charge is 0.490 e. The summed E-state index contributed by atoms with van der Waals surface area (Å²) < 4.78 is 4.86. The number of amides is 2. The summed E-state index contributed by atoms with van der Waals surface area (Å²) in [5.41, 5.74) is 0.275. The van der Waals surface area contributed by atoms with Crippen molar-refractivity contribution in [2.24, 2.45) is 0 Å². The molecular weight excluding hydrogens is 282 g/mol. The fourth-order valence-electron chi connectivity index (χ4n) is 1.48. The van der Waals surface area contributed by atoms with Crippen LogP contribution in [0.25, 0.3) is 0 Å². The van der Waals surface area contributed by atoms with E-state index in [0.29, 0.717) is 5.56 Å². The molecule has 9 heteroatoms. The van der Waals surface area contributed by atoms with Crippen LogP contribution in [0.1, 0.15) is 12.5 Å². The van der Waals surface area contributed by atoms with E-state index in [4.69, 9.17) is 9.84 Å². The summed E-state index contributed by atoms with van der Waals surface area (Å²) in [6.45, 7) is 1.34. The van der Waals surface area contributed by atoms with Gasteiger partial charge >= 0.3 is 17.7 Å². The topological polar surface area (TPSA) is 131 Å². The third kappa shape index (κ3) is 4.64. The van der Waals surface area contributed by atoms with Crippen LogP contribution in [-0.4, -0.2) is 35.2 Å². The molecule has 0 saturated carbocycles. The summed E-state index contributed by atoms with van der Waals surface area (Å²) in [4.78, 5) is 32.3. The van der Waals surface area contributed by atoms with E-state index in [0.717, 1.165) is 0 Å². The standard InChI is InChI=1S/C12H15N3O6/c1-7(11(16)17)14-12(18)13-6-8-3-4-10(21-2)9(5-8)15(19)20/h3-5,7H,6H2,1-2H3,(H,16,17)(H2,13,14,18). The van der Waals surface area contributed by atoms with Crippen molar-refractivity contribution in [1.82, 2.24) is 10.6 Å². The first-order chi connectivity index (χ1) is 9.85. The molecule has 0 bridgehead atoms. The van der Waals surface area contributed by atoms with E-state index in [-0.39, 0.29) is 18.0 Å². The fraction of sp³-hybridized carbons (Fsp3) is 0.333. The summed E-state index contributed by atoms with van der Waals surface area (Å²) in [6.07, 6.45) is 0. The number of hydrogen-bond donors (Lipinski definition) is 3. The Morgan fingerprint density at radius 1 is 1.48 bits per heavy atom. The zero-order chi connectivity index (χ0) is 16.0. The molecule has 0 aliphatic heterocycles. The van der Waals surface area contributed by atoms with Crippen molar-refractivity contribution in [2.75, 3.05) is 7.11 Å². The zero-order valence-corrected chi connectivity index (χ0v) is 11.5. The van der Waals surface area contributed by atoms with Gasteiger partial charge in [0, 0.05) is 12.6 Å². The number of ether oxygens (including phenoxy) is 1. The minimum Gasteiger partial charge on any atom is -0.490 e. The van der Waals surface area contributed by atoms with Crippen molar-refractivity contribution in [1.29, 1.82) is 0 Å². The molecular formula is C12H15N3O6. The summed E-state index contributed by atoms with van der Waals surface area (Å²) in [7, 11) is 1.32. The van der Waals surface area contributed by atoms with Crippen LogP contribution in [0.15, 0.2) is 18.2 Å². The van der Waals surface area contributed by atoms with Gasteiger partial charge in [0.2, 0.25) is 0 Å². The number of carboxylic acid groups (broad SMARTS) is 1. The highest BCUT2D eigenvalue weighted by atomic mass is 16.6. The number of nitrogens with one attached hydrogen (secondary N) is 2. The number of carbonyl (C=O) groups is 2. The number of carboxylic acids is 1. The predicted molar refractivity (Wildman–Crippen MR) is 72.1 cm³/mol. The number of nitro benzene ring substituents is 1. The van der Waals surface area contributed by atoms with Crippen LogP contribution in [-0.2, 0) is 11.3 Å². The van der Waals surface area contributed by atoms with Crippen molar-refractivity contribution in [3.8, 4) is 5.75 Å². The van der Waals surface area contributed by atoms with Gasteiger partial charge in [-0.1, -0.05) is 6.07 Å². The second-order valence-corrected chi connectivity index (χ2v) is 4.15. The van der Waals surface area contributed by atoms with E-state index in [1.807, 2.05) is 0 Å². The van der Waals surface area contributed by atoms with Crippen molar-refractivity contribution in [3.63, 3.8) is 0 Å². The highest BCUT2D eigenvalue weighted by Crippen LogP contribution is 2.27. The van der Waals surface area contributed by atoms with Crippen LogP contribution in [0.4, 0.5) is 10.5 Å². The van der Waals surface area contributed by atoms with Crippen LogP contribution in [0.5, 0.6) is 5.75 Å². The summed E-state index contributed by atoms with van der Waals surface area (Å²) >= 11 is 0. The van der Waals surface area contributed by atoms with Crippen LogP contribution in [0, 0.1) is 10.1 Å². The molecule has 0 saturated heterocycles. The van der Waals surface area contributed by atoms with Gasteiger partial charge in [-0.3, -0.25) is 14.9 Å². The molecule has 3 N–H and O–H groups in total. The Hall–Kier alpha value is -2.84. The van der Waals surface area contributed by atoms with Gasteiger partial charge in [0.05, 0.1) is 12.0 Å². The minimum absolute atomic E-state index is 0.0169. The van der Waals surface area contributed by atoms with E-state index in [2.05, 4.69) is 10.6 Å². The average molecular weight is 297 g/mol.